The zero-order chi connectivity index (χ0) is 26.6. The number of carbonyl (C=O) groups excluding carboxylic acids is 3. The molecule has 0 spiro atoms. The Labute approximate surface area is 224 Å². The first kappa shape index (κ1) is 25.6. The van der Waals surface area contributed by atoms with Crippen molar-refractivity contribution >= 4 is 50.7 Å². The number of ketones is 1. The van der Waals surface area contributed by atoms with Gasteiger partial charge in [-0.2, -0.15) is 0 Å². The third-order valence-corrected chi connectivity index (χ3v) is 7.80. The average Bonchev–Trinajstić information content (AvgIpc) is 3.57. The Balaban J connectivity index is 1.41. The minimum absolute atomic E-state index is 0.0401. The normalized spacial score (nSPS) is 13.6. The SMILES string of the molecule is CN(C(=O)c1ccccc1)c1ccc2c(c1)nc(CC(=O)c1ccc(N3CCOCC3)s1)n2CCC(N)=O. The lowest BCUT2D eigenvalue weighted by atomic mass is 10.2. The summed E-state index contributed by atoms with van der Waals surface area (Å²) in [5.74, 6) is -0.0480. The van der Waals surface area contributed by atoms with E-state index in [-0.39, 0.29) is 24.5 Å². The predicted octanol–water partition coefficient (Wildman–Crippen LogP) is 3.51. The number of carbonyl (C=O) groups is 3. The first-order valence-corrected chi connectivity index (χ1v) is 13.3. The maximum Gasteiger partial charge on any atom is 0.258 e. The molecule has 2 aromatic heterocycles. The number of ether oxygens (including phenoxy) is 1. The highest BCUT2D eigenvalue weighted by molar-refractivity contribution is 7.18. The summed E-state index contributed by atoms with van der Waals surface area (Å²) in [4.78, 5) is 47.0. The van der Waals surface area contributed by atoms with Crippen LogP contribution in [0.1, 0.15) is 32.3 Å². The summed E-state index contributed by atoms with van der Waals surface area (Å²) in [5, 5.41) is 1.05. The van der Waals surface area contributed by atoms with Gasteiger partial charge in [-0.3, -0.25) is 14.4 Å². The fourth-order valence-electron chi connectivity index (χ4n) is 4.54. The number of benzene rings is 2. The molecule has 9 nitrogen and oxygen atoms in total. The summed E-state index contributed by atoms with van der Waals surface area (Å²) in [6.07, 6.45) is 0.214. The average molecular weight is 532 g/mol. The van der Waals surface area contributed by atoms with E-state index in [0.717, 1.165) is 23.6 Å². The van der Waals surface area contributed by atoms with Gasteiger partial charge in [-0.15, -0.1) is 11.3 Å². The van der Waals surface area contributed by atoms with Crippen molar-refractivity contribution in [3.05, 3.63) is 76.9 Å². The molecule has 3 heterocycles. The number of nitrogens with two attached hydrogens (primary N) is 1. The minimum atomic E-state index is -0.428. The first-order chi connectivity index (χ1) is 18.4. The molecule has 2 N–H and O–H groups in total. The van der Waals surface area contributed by atoms with Gasteiger partial charge in [-0.05, 0) is 42.5 Å². The van der Waals surface area contributed by atoms with Gasteiger partial charge in [0.1, 0.15) is 5.82 Å². The van der Waals surface area contributed by atoms with Crippen LogP contribution in [0.3, 0.4) is 0 Å². The van der Waals surface area contributed by atoms with Crippen LogP contribution in [-0.4, -0.2) is 60.5 Å². The fraction of sp³-hybridized carbons (Fsp3) is 0.286. The lowest BCUT2D eigenvalue weighted by Gasteiger charge is -2.27. The van der Waals surface area contributed by atoms with Crippen LogP contribution < -0.4 is 15.5 Å². The molecule has 0 atom stereocenters. The van der Waals surface area contributed by atoms with Crippen molar-refractivity contribution < 1.29 is 19.1 Å². The molecular formula is C28H29N5O4S. The van der Waals surface area contributed by atoms with Crippen LogP contribution in [0.15, 0.2) is 60.7 Å². The van der Waals surface area contributed by atoms with Gasteiger partial charge in [-0.1, -0.05) is 18.2 Å². The van der Waals surface area contributed by atoms with E-state index >= 15 is 0 Å². The van der Waals surface area contributed by atoms with Crippen molar-refractivity contribution in [2.75, 3.05) is 43.2 Å². The van der Waals surface area contributed by atoms with Gasteiger partial charge in [0.05, 0.1) is 40.5 Å². The van der Waals surface area contributed by atoms with E-state index in [9.17, 15) is 14.4 Å². The van der Waals surface area contributed by atoms with E-state index < -0.39 is 5.91 Å². The van der Waals surface area contributed by atoms with Gasteiger partial charge in [0.25, 0.3) is 5.91 Å². The highest BCUT2D eigenvalue weighted by atomic mass is 32.1. The van der Waals surface area contributed by atoms with Gasteiger partial charge >= 0.3 is 0 Å². The molecule has 0 bridgehead atoms. The monoisotopic (exact) mass is 531 g/mol. The number of thiophene rings is 1. The van der Waals surface area contributed by atoms with Gasteiger partial charge < -0.3 is 24.8 Å². The molecule has 38 heavy (non-hydrogen) atoms. The molecule has 0 radical (unpaired) electrons. The molecule has 1 aliphatic heterocycles. The Bertz CT molecular complexity index is 1470. The number of imidazole rings is 1. The molecule has 196 valence electrons. The van der Waals surface area contributed by atoms with Crippen LogP contribution >= 0.6 is 11.3 Å². The zero-order valence-corrected chi connectivity index (χ0v) is 21.9. The molecule has 4 aromatic rings. The molecule has 1 aliphatic rings. The second kappa shape index (κ2) is 11.2. The Morgan fingerprint density at radius 1 is 1.05 bits per heavy atom. The summed E-state index contributed by atoms with van der Waals surface area (Å²) in [7, 11) is 1.72. The van der Waals surface area contributed by atoms with Crippen molar-refractivity contribution in [1.29, 1.82) is 0 Å². The second-order valence-corrected chi connectivity index (χ2v) is 10.2. The summed E-state index contributed by atoms with van der Waals surface area (Å²) >= 11 is 1.47. The van der Waals surface area contributed by atoms with Crippen molar-refractivity contribution in [2.24, 2.45) is 5.73 Å². The number of hydrogen-bond donors (Lipinski definition) is 1. The molecule has 0 aliphatic carbocycles. The molecule has 10 heteroatoms. The van der Waals surface area contributed by atoms with E-state index in [0.29, 0.717) is 47.2 Å². The number of nitrogens with zero attached hydrogens (tertiary/aromatic N) is 4. The molecule has 5 rings (SSSR count). The fourth-order valence-corrected chi connectivity index (χ4v) is 5.53. The van der Waals surface area contributed by atoms with E-state index in [1.54, 1.807) is 24.1 Å². The minimum Gasteiger partial charge on any atom is -0.378 e. The number of amides is 2. The topological polar surface area (TPSA) is 111 Å². The zero-order valence-electron chi connectivity index (χ0n) is 21.1. The van der Waals surface area contributed by atoms with Crippen LogP contribution in [-0.2, 0) is 22.5 Å². The number of morpholine rings is 1. The highest BCUT2D eigenvalue weighted by Gasteiger charge is 2.21. The third-order valence-electron chi connectivity index (χ3n) is 6.61. The van der Waals surface area contributed by atoms with Crippen LogP contribution in [0, 0.1) is 0 Å². The number of Topliss-reactive ketones (excluding diaryl/α,β-unsaturated/α-hetero) is 1. The number of aryl methyl sites for hydroxylation is 1. The van der Waals surface area contributed by atoms with Crippen molar-refractivity contribution in [1.82, 2.24) is 9.55 Å². The Morgan fingerprint density at radius 2 is 1.82 bits per heavy atom. The molecule has 0 saturated carbocycles. The van der Waals surface area contributed by atoms with Crippen LogP contribution in [0.4, 0.5) is 10.7 Å². The Hall–Kier alpha value is -4.02. The molecule has 0 unspecified atom stereocenters. The number of anilines is 2. The molecule has 2 amide bonds. The number of rotatable bonds is 9. The van der Waals surface area contributed by atoms with E-state index in [1.807, 2.05) is 53.1 Å². The quantitative estimate of drug-likeness (QED) is 0.331. The molecule has 1 saturated heterocycles. The maximum absolute atomic E-state index is 13.3. The van der Waals surface area contributed by atoms with E-state index in [4.69, 9.17) is 15.5 Å². The number of fused-ring (bicyclic) bond motifs is 1. The molecular weight excluding hydrogens is 502 g/mol. The molecule has 1 fully saturated rings. The van der Waals surface area contributed by atoms with Crippen LogP contribution in [0.25, 0.3) is 11.0 Å². The number of primary amides is 1. The smallest absolute Gasteiger partial charge is 0.258 e. The van der Waals surface area contributed by atoms with Crippen molar-refractivity contribution in [2.45, 2.75) is 19.4 Å². The highest BCUT2D eigenvalue weighted by Crippen LogP contribution is 2.29. The second-order valence-electron chi connectivity index (χ2n) is 9.14. The molecule has 2 aromatic carbocycles. The number of hydrogen-bond acceptors (Lipinski definition) is 7. The van der Waals surface area contributed by atoms with Gasteiger partial charge in [0, 0.05) is 44.4 Å². The number of aromatic nitrogens is 2. The maximum atomic E-state index is 13.3. The summed E-state index contributed by atoms with van der Waals surface area (Å²) in [6, 6.07) is 18.4. The third kappa shape index (κ3) is 5.46. The first-order valence-electron chi connectivity index (χ1n) is 12.5. The summed E-state index contributed by atoms with van der Waals surface area (Å²) in [6.45, 7) is 3.29. The Kier molecular flexibility index (Phi) is 7.52. The summed E-state index contributed by atoms with van der Waals surface area (Å²) in [5.41, 5.74) is 8.11. The largest absolute Gasteiger partial charge is 0.378 e. The standard InChI is InChI=1S/C28H29N5O4S/c1-31(28(36)19-5-3-2-4-6-19)20-7-8-22-21(17-20)30-26(33(22)12-11-25(29)35)18-23(34)24-9-10-27(38-24)32-13-15-37-16-14-32/h2-10,17H,11-16,18H2,1H3,(H2,29,35). The predicted molar refractivity (Wildman–Crippen MR) is 148 cm³/mol. The van der Waals surface area contributed by atoms with E-state index in [2.05, 4.69) is 4.90 Å². The van der Waals surface area contributed by atoms with Gasteiger partial charge in [0.2, 0.25) is 5.91 Å². The van der Waals surface area contributed by atoms with Crippen molar-refractivity contribution in [3.8, 4) is 0 Å². The lowest BCUT2D eigenvalue weighted by Crippen LogP contribution is -2.35. The van der Waals surface area contributed by atoms with Crippen LogP contribution in [0.5, 0.6) is 0 Å². The Morgan fingerprint density at radius 3 is 2.55 bits per heavy atom. The van der Waals surface area contributed by atoms with Gasteiger partial charge in [0.15, 0.2) is 5.78 Å². The lowest BCUT2D eigenvalue weighted by molar-refractivity contribution is -0.118. The van der Waals surface area contributed by atoms with Crippen molar-refractivity contribution in [3.63, 3.8) is 0 Å². The summed E-state index contributed by atoms with van der Waals surface area (Å²) < 4.78 is 7.30. The van der Waals surface area contributed by atoms with Crippen LogP contribution in [0.2, 0.25) is 0 Å². The van der Waals surface area contributed by atoms with Gasteiger partial charge in [-0.25, -0.2) is 4.98 Å². The van der Waals surface area contributed by atoms with E-state index in [1.165, 1.54) is 11.3 Å².